The topological polar surface area (TPSA) is 60.2 Å². The summed E-state index contributed by atoms with van der Waals surface area (Å²) in [5, 5.41) is 1.20. The Hall–Kier alpha value is -2.70. The first-order valence-electron chi connectivity index (χ1n) is 10.7. The lowest BCUT2D eigenvalue weighted by molar-refractivity contribution is -0.129. The maximum absolute atomic E-state index is 13.4. The molecule has 6 heteroatoms. The van der Waals surface area contributed by atoms with Crippen molar-refractivity contribution in [3.8, 4) is 0 Å². The number of para-hydroxylation sites is 1. The highest BCUT2D eigenvalue weighted by Gasteiger charge is 2.25. The Morgan fingerprint density at radius 3 is 2.90 bits per heavy atom. The molecule has 2 aromatic carbocycles. The van der Waals surface area contributed by atoms with Crippen molar-refractivity contribution in [1.82, 2.24) is 20.7 Å². The zero-order valence-corrected chi connectivity index (χ0v) is 17.3. The van der Waals surface area contributed by atoms with Crippen LogP contribution in [0.4, 0.5) is 4.39 Å². The lowest BCUT2D eigenvalue weighted by atomic mass is 9.99. The average Bonchev–Trinajstić information content (AvgIpc) is 3.39. The Balaban J connectivity index is 1.18. The standard InChI is InChI=1S/C24H29FN4O/c1-29(24(30)12-11-18-16-26-22-10-3-2-9-21(18)22)13-5-8-20-15-23(28-27-20)17-6-4-7-19(25)14-17/h2-4,6-7,9-10,14,16,20,23,26-28H,5,8,11-13,15H2,1H3. The number of hydrazine groups is 1. The zero-order chi connectivity index (χ0) is 20.9. The Bertz CT molecular complexity index is 1000. The second-order valence-corrected chi connectivity index (χ2v) is 8.15. The number of hydrogen-bond donors (Lipinski definition) is 3. The van der Waals surface area contributed by atoms with Gasteiger partial charge in [0.05, 0.1) is 0 Å². The average molecular weight is 409 g/mol. The highest BCUT2D eigenvalue weighted by molar-refractivity contribution is 5.84. The maximum atomic E-state index is 13.4. The molecular formula is C24H29FN4O. The molecule has 158 valence electrons. The van der Waals surface area contributed by atoms with Crippen molar-refractivity contribution < 1.29 is 9.18 Å². The third kappa shape index (κ3) is 4.89. The molecule has 3 aromatic rings. The van der Waals surface area contributed by atoms with Gasteiger partial charge in [-0.2, -0.15) is 0 Å². The molecular weight excluding hydrogens is 379 g/mol. The molecule has 30 heavy (non-hydrogen) atoms. The molecule has 1 amide bonds. The Morgan fingerprint density at radius 1 is 1.17 bits per heavy atom. The third-order valence-electron chi connectivity index (χ3n) is 5.99. The highest BCUT2D eigenvalue weighted by atomic mass is 19.1. The van der Waals surface area contributed by atoms with Gasteiger partial charge >= 0.3 is 0 Å². The van der Waals surface area contributed by atoms with Crippen LogP contribution in [-0.4, -0.2) is 35.4 Å². The first-order chi connectivity index (χ1) is 14.6. The number of fused-ring (bicyclic) bond motifs is 1. The van der Waals surface area contributed by atoms with Gasteiger partial charge in [0.2, 0.25) is 5.91 Å². The summed E-state index contributed by atoms with van der Waals surface area (Å²) in [7, 11) is 1.88. The number of H-pyrrole nitrogens is 1. The van der Waals surface area contributed by atoms with E-state index in [-0.39, 0.29) is 17.8 Å². The van der Waals surface area contributed by atoms with Crippen molar-refractivity contribution in [2.75, 3.05) is 13.6 Å². The third-order valence-corrected chi connectivity index (χ3v) is 5.99. The fourth-order valence-corrected chi connectivity index (χ4v) is 4.22. The number of halogens is 1. The van der Waals surface area contributed by atoms with Crippen LogP contribution in [0.25, 0.3) is 10.9 Å². The molecule has 0 bridgehead atoms. The molecule has 1 aliphatic heterocycles. The van der Waals surface area contributed by atoms with Gasteiger partial charge in [-0.15, -0.1) is 0 Å². The van der Waals surface area contributed by atoms with Crippen LogP contribution in [0.3, 0.4) is 0 Å². The number of benzene rings is 2. The highest BCUT2D eigenvalue weighted by Crippen LogP contribution is 2.24. The largest absolute Gasteiger partial charge is 0.361 e. The predicted molar refractivity (Wildman–Crippen MR) is 117 cm³/mol. The van der Waals surface area contributed by atoms with E-state index in [0.29, 0.717) is 12.5 Å². The monoisotopic (exact) mass is 408 g/mol. The van der Waals surface area contributed by atoms with Crippen molar-refractivity contribution >= 4 is 16.8 Å². The van der Waals surface area contributed by atoms with Gasteiger partial charge in [-0.1, -0.05) is 30.3 Å². The summed E-state index contributed by atoms with van der Waals surface area (Å²) in [4.78, 5) is 17.6. The van der Waals surface area contributed by atoms with E-state index in [9.17, 15) is 9.18 Å². The second kappa shape index (κ2) is 9.41. The van der Waals surface area contributed by atoms with Crippen LogP contribution in [-0.2, 0) is 11.2 Å². The summed E-state index contributed by atoms with van der Waals surface area (Å²) in [6.45, 7) is 0.746. The first-order valence-corrected chi connectivity index (χ1v) is 10.7. The number of hydrogen-bond acceptors (Lipinski definition) is 3. The van der Waals surface area contributed by atoms with Gasteiger partial charge in [0.1, 0.15) is 5.82 Å². The number of aryl methyl sites for hydroxylation is 1. The molecule has 1 aliphatic rings. The van der Waals surface area contributed by atoms with Crippen LogP contribution in [0.15, 0.2) is 54.7 Å². The first kappa shape index (κ1) is 20.6. The summed E-state index contributed by atoms with van der Waals surface area (Å²) in [5.41, 5.74) is 9.84. The van der Waals surface area contributed by atoms with Crippen LogP contribution in [0, 0.1) is 5.82 Å². The molecule has 2 heterocycles. The molecule has 5 nitrogen and oxygen atoms in total. The number of nitrogens with zero attached hydrogens (tertiary/aromatic N) is 1. The fraction of sp³-hybridized carbons (Fsp3) is 0.375. The van der Waals surface area contributed by atoms with Crippen molar-refractivity contribution in [2.24, 2.45) is 0 Å². The number of carbonyl (C=O) groups excluding carboxylic acids is 1. The Labute approximate surface area is 176 Å². The quantitative estimate of drug-likeness (QED) is 0.526. The van der Waals surface area contributed by atoms with Crippen LogP contribution >= 0.6 is 0 Å². The number of carbonyl (C=O) groups is 1. The smallest absolute Gasteiger partial charge is 0.222 e. The van der Waals surface area contributed by atoms with Gasteiger partial charge in [0.15, 0.2) is 0 Å². The van der Waals surface area contributed by atoms with E-state index >= 15 is 0 Å². The van der Waals surface area contributed by atoms with Crippen LogP contribution < -0.4 is 10.9 Å². The van der Waals surface area contributed by atoms with Crippen LogP contribution in [0.1, 0.15) is 42.9 Å². The van der Waals surface area contributed by atoms with Crippen LogP contribution in [0.5, 0.6) is 0 Å². The lowest BCUT2D eigenvalue weighted by Gasteiger charge is -2.18. The Kier molecular flexibility index (Phi) is 6.45. The molecule has 1 aromatic heterocycles. The number of aromatic nitrogens is 1. The minimum Gasteiger partial charge on any atom is -0.361 e. The van der Waals surface area contributed by atoms with Gasteiger partial charge in [0, 0.05) is 49.2 Å². The van der Waals surface area contributed by atoms with Gasteiger partial charge in [0.25, 0.3) is 0 Å². The summed E-state index contributed by atoms with van der Waals surface area (Å²) < 4.78 is 13.4. The van der Waals surface area contributed by atoms with E-state index in [1.165, 1.54) is 17.0 Å². The van der Waals surface area contributed by atoms with Gasteiger partial charge < -0.3 is 9.88 Å². The molecule has 2 atom stereocenters. The fourth-order valence-electron chi connectivity index (χ4n) is 4.22. The van der Waals surface area contributed by atoms with E-state index in [1.54, 1.807) is 12.1 Å². The lowest BCUT2D eigenvalue weighted by Crippen LogP contribution is -2.32. The molecule has 0 spiro atoms. The maximum Gasteiger partial charge on any atom is 0.222 e. The minimum atomic E-state index is -0.203. The SMILES string of the molecule is CN(CCCC1CC(c2cccc(F)c2)NN1)C(=O)CCc1c[nH]c2ccccc12. The molecule has 1 fully saturated rings. The summed E-state index contributed by atoms with van der Waals surface area (Å²) in [6.07, 6.45) is 6.09. The van der Waals surface area contributed by atoms with Gasteiger partial charge in [-0.3, -0.25) is 15.6 Å². The summed E-state index contributed by atoms with van der Waals surface area (Å²) in [5.74, 6) is -0.0269. The molecule has 1 saturated heterocycles. The second-order valence-electron chi connectivity index (χ2n) is 8.15. The number of amides is 1. The van der Waals surface area contributed by atoms with E-state index < -0.39 is 0 Å². The van der Waals surface area contributed by atoms with Crippen molar-refractivity contribution in [1.29, 1.82) is 0 Å². The molecule has 2 unspecified atom stereocenters. The predicted octanol–water partition coefficient (Wildman–Crippen LogP) is 4.09. The van der Waals surface area contributed by atoms with Gasteiger partial charge in [-0.05, 0) is 55.0 Å². The Morgan fingerprint density at radius 2 is 2.03 bits per heavy atom. The molecule has 0 saturated carbocycles. The van der Waals surface area contributed by atoms with E-state index in [4.69, 9.17) is 0 Å². The number of aromatic amines is 1. The minimum absolute atomic E-state index is 0.126. The summed E-state index contributed by atoms with van der Waals surface area (Å²) >= 11 is 0. The van der Waals surface area contributed by atoms with Gasteiger partial charge in [-0.25, -0.2) is 4.39 Å². The van der Waals surface area contributed by atoms with Crippen molar-refractivity contribution in [2.45, 2.75) is 44.2 Å². The number of rotatable bonds is 8. The molecule has 0 radical (unpaired) electrons. The zero-order valence-electron chi connectivity index (χ0n) is 17.3. The number of nitrogens with one attached hydrogen (secondary N) is 3. The van der Waals surface area contributed by atoms with E-state index in [1.807, 2.05) is 36.3 Å². The molecule has 3 N–H and O–H groups in total. The molecule has 0 aliphatic carbocycles. The van der Waals surface area contributed by atoms with Crippen molar-refractivity contribution in [3.63, 3.8) is 0 Å². The van der Waals surface area contributed by atoms with Crippen molar-refractivity contribution in [3.05, 3.63) is 71.7 Å². The van der Waals surface area contributed by atoms with E-state index in [2.05, 4.69) is 28.0 Å². The molecule has 4 rings (SSSR count). The summed E-state index contributed by atoms with van der Waals surface area (Å²) in [6, 6.07) is 15.4. The van der Waals surface area contributed by atoms with E-state index in [0.717, 1.165) is 43.3 Å². The van der Waals surface area contributed by atoms with Crippen LogP contribution in [0.2, 0.25) is 0 Å². The normalized spacial score (nSPS) is 18.7.